The van der Waals surface area contributed by atoms with Gasteiger partial charge in [-0.25, -0.2) is 8.42 Å². The molecule has 0 saturated carbocycles. The summed E-state index contributed by atoms with van der Waals surface area (Å²) in [5.41, 5.74) is 2.25. The van der Waals surface area contributed by atoms with Crippen LogP contribution in [0.3, 0.4) is 0 Å². The number of anilines is 2. The highest BCUT2D eigenvalue weighted by molar-refractivity contribution is 7.93. The zero-order valence-electron chi connectivity index (χ0n) is 19.8. The molecule has 0 aliphatic carbocycles. The number of hydrazone groups is 1. The van der Waals surface area contributed by atoms with Crippen LogP contribution in [0.2, 0.25) is 0 Å². The van der Waals surface area contributed by atoms with Crippen LogP contribution in [-0.4, -0.2) is 41.9 Å². The molecular formula is C25H20N6O6S. The number of hydrogen-bond acceptors (Lipinski definition) is 10. The normalized spacial score (nSPS) is 11.4. The SMILES string of the molecule is COc1ccccc1NS(=O)(=O)c1cc([N+](=O)[O-])ccc1N/N=C(/C(=O)c1ccccn1)c1ccccn1. The van der Waals surface area contributed by atoms with Crippen molar-refractivity contribution in [2.45, 2.75) is 4.90 Å². The highest BCUT2D eigenvalue weighted by Gasteiger charge is 2.25. The number of para-hydroxylation sites is 2. The Labute approximate surface area is 217 Å². The van der Waals surface area contributed by atoms with Crippen molar-refractivity contribution >= 4 is 38.6 Å². The fourth-order valence-corrected chi connectivity index (χ4v) is 4.58. The minimum atomic E-state index is -4.40. The Kier molecular flexibility index (Phi) is 7.68. The highest BCUT2D eigenvalue weighted by Crippen LogP contribution is 2.31. The average molecular weight is 533 g/mol. The molecule has 0 bridgehead atoms. The second-order valence-electron chi connectivity index (χ2n) is 7.57. The fraction of sp³-hybridized carbons (Fsp3) is 0.0400. The number of nitro groups is 1. The van der Waals surface area contributed by atoms with E-state index in [0.717, 1.165) is 12.1 Å². The summed E-state index contributed by atoms with van der Waals surface area (Å²) < 4.78 is 34.3. The van der Waals surface area contributed by atoms with E-state index in [0.29, 0.717) is 0 Å². The van der Waals surface area contributed by atoms with Gasteiger partial charge in [-0.15, -0.1) is 0 Å². The van der Waals surface area contributed by atoms with Crippen LogP contribution in [0.1, 0.15) is 16.2 Å². The Balaban J connectivity index is 1.78. The maximum atomic E-state index is 13.4. The van der Waals surface area contributed by atoms with E-state index in [1.165, 1.54) is 37.7 Å². The lowest BCUT2D eigenvalue weighted by Crippen LogP contribution is -2.20. The molecule has 2 N–H and O–H groups in total. The van der Waals surface area contributed by atoms with Crippen molar-refractivity contribution in [2.75, 3.05) is 17.3 Å². The third kappa shape index (κ3) is 5.79. The number of pyridine rings is 2. The largest absolute Gasteiger partial charge is 0.495 e. The van der Waals surface area contributed by atoms with Crippen molar-refractivity contribution in [3.05, 3.63) is 113 Å². The first-order valence-corrected chi connectivity index (χ1v) is 12.4. The Bertz CT molecular complexity index is 1610. The minimum absolute atomic E-state index is 0.0908. The van der Waals surface area contributed by atoms with E-state index in [1.54, 1.807) is 48.5 Å². The summed E-state index contributed by atoms with van der Waals surface area (Å²) in [7, 11) is -3.02. The first kappa shape index (κ1) is 25.9. The first-order valence-electron chi connectivity index (χ1n) is 11.0. The second kappa shape index (κ2) is 11.3. The molecule has 4 aromatic rings. The number of Topliss-reactive ketones (excluding diaryl/α,β-unsaturated/α-hetero) is 1. The van der Waals surface area contributed by atoms with Crippen LogP contribution < -0.4 is 14.9 Å². The van der Waals surface area contributed by atoms with Gasteiger partial charge in [0, 0.05) is 24.5 Å². The Morgan fingerprint density at radius 1 is 0.921 bits per heavy atom. The number of nitro benzene ring substituents is 1. The molecule has 0 aliphatic rings. The van der Waals surface area contributed by atoms with Gasteiger partial charge in [-0.05, 0) is 42.5 Å². The number of nitrogens with one attached hydrogen (secondary N) is 2. The Hall–Kier alpha value is -5.17. The van der Waals surface area contributed by atoms with Crippen molar-refractivity contribution in [3.63, 3.8) is 0 Å². The summed E-state index contributed by atoms with van der Waals surface area (Å²) in [5, 5.41) is 15.6. The maximum absolute atomic E-state index is 13.4. The van der Waals surface area contributed by atoms with Crippen molar-refractivity contribution in [1.82, 2.24) is 9.97 Å². The van der Waals surface area contributed by atoms with Crippen molar-refractivity contribution < 1.29 is 22.9 Å². The monoisotopic (exact) mass is 532 g/mol. The van der Waals surface area contributed by atoms with E-state index in [9.17, 15) is 23.3 Å². The Morgan fingerprint density at radius 2 is 1.58 bits per heavy atom. The molecule has 0 atom stereocenters. The molecule has 2 heterocycles. The number of benzene rings is 2. The summed E-state index contributed by atoms with van der Waals surface area (Å²) in [6.45, 7) is 0. The number of nitrogens with zero attached hydrogens (tertiary/aromatic N) is 4. The summed E-state index contributed by atoms with van der Waals surface area (Å²) in [6.07, 6.45) is 2.91. The van der Waals surface area contributed by atoms with E-state index in [4.69, 9.17) is 4.74 Å². The molecule has 38 heavy (non-hydrogen) atoms. The van der Waals surface area contributed by atoms with Gasteiger partial charge in [-0.3, -0.25) is 35.0 Å². The zero-order chi connectivity index (χ0) is 27.1. The van der Waals surface area contributed by atoms with Gasteiger partial charge >= 0.3 is 0 Å². The van der Waals surface area contributed by atoms with Crippen LogP contribution in [0.5, 0.6) is 5.75 Å². The molecule has 13 heteroatoms. The van der Waals surface area contributed by atoms with Crippen LogP contribution in [0, 0.1) is 10.1 Å². The topological polar surface area (TPSA) is 166 Å². The van der Waals surface area contributed by atoms with Crippen LogP contribution >= 0.6 is 0 Å². The summed E-state index contributed by atoms with van der Waals surface area (Å²) >= 11 is 0. The molecule has 4 rings (SSSR count). The van der Waals surface area contributed by atoms with Gasteiger partial charge < -0.3 is 4.74 Å². The molecule has 0 amide bonds. The molecule has 0 spiro atoms. The van der Waals surface area contributed by atoms with Crippen LogP contribution in [0.15, 0.2) is 101 Å². The molecule has 0 saturated heterocycles. The van der Waals surface area contributed by atoms with Gasteiger partial charge in [-0.1, -0.05) is 24.3 Å². The summed E-state index contributed by atoms with van der Waals surface area (Å²) in [6, 6.07) is 19.1. The average Bonchev–Trinajstić information content (AvgIpc) is 2.94. The molecule has 12 nitrogen and oxygen atoms in total. The van der Waals surface area contributed by atoms with Crippen LogP contribution in [-0.2, 0) is 10.0 Å². The van der Waals surface area contributed by atoms with Crippen LogP contribution in [0.25, 0.3) is 0 Å². The molecule has 0 aliphatic heterocycles. The quantitative estimate of drug-likeness (QED) is 0.133. The molecule has 2 aromatic heterocycles. The van der Waals surface area contributed by atoms with E-state index in [1.807, 2.05) is 0 Å². The number of carbonyl (C=O) groups is 1. The number of methoxy groups -OCH3 is 1. The fourth-order valence-electron chi connectivity index (χ4n) is 3.33. The number of ether oxygens (including phenoxy) is 1. The van der Waals surface area contributed by atoms with Gasteiger partial charge in [0.25, 0.3) is 15.7 Å². The van der Waals surface area contributed by atoms with E-state index < -0.39 is 31.3 Å². The third-order valence-corrected chi connectivity index (χ3v) is 6.53. The first-order chi connectivity index (χ1) is 18.3. The molecule has 192 valence electrons. The standard InChI is InChI=1S/C25H20N6O6S/c1-37-22-11-3-2-8-18(22)30-38(35,36)23-16-17(31(33)34)12-13-19(23)28-29-24(20-9-4-6-14-26-20)25(32)21-10-5-7-15-27-21/h2-16,28,30H,1H3/b29-24+. The van der Waals surface area contributed by atoms with Gasteiger partial charge in [-0.2, -0.15) is 5.10 Å². The van der Waals surface area contributed by atoms with E-state index in [2.05, 4.69) is 25.2 Å². The number of rotatable bonds is 10. The Morgan fingerprint density at radius 3 is 2.21 bits per heavy atom. The lowest BCUT2D eigenvalue weighted by Gasteiger charge is -2.14. The van der Waals surface area contributed by atoms with Gasteiger partial charge in [0.2, 0.25) is 5.78 Å². The lowest BCUT2D eigenvalue weighted by atomic mass is 10.1. The number of hydrogen-bond donors (Lipinski definition) is 2. The number of carbonyl (C=O) groups excluding carboxylic acids is 1. The van der Waals surface area contributed by atoms with Crippen LogP contribution in [0.4, 0.5) is 17.1 Å². The number of aromatic nitrogens is 2. The number of sulfonamides is 1. The van der Waals surface area contributed by atoms with Gasteiger partial charge in [0.15, 0.2) is 5.71 Å². The van der Waals surface area contributed by atoms with E-state index >= 15 is 0 Å². The van der Waals surface area contributed by atoms with Crippen molar-refractivity contribution in [2.24, 2.45) is 5.10 Å². The smallest absolute Gasteiger partial charge is 0.270 e. The summed E-state index contributed by atoms with van der Waals surface area (Å²) in [4.78, 5) is 31.6. The minimum Gasteiger partial charge on any atom is -0.495 e. The highest BCUT2D eigenvalue weighted by atomic mass is 32.2. The van der Waals surface area contributed by atoms with E-state index in [-0.39, 0.29) is 34.2 Å². The van der Waals surface area contributed by atoms with Gasteiger partial charge in [0.1, 0.15) is 16.3 Å². The number of ketones is 1. The predicted octanol–water partition coefficient (Wildman–Crippen LogP) is 3.89. The van der Waals surface area contributed by atoms with Crippen molar-refractivity contribution in [1.29, 1.82) is 0 Å². The molecule has 2 aromatic carbocycles. The van der Waals surface area contributed by atoms with Crippen molar-refractivity contribution in [3.8, 4) is 5.75 Å². The third-order valence-electron chi connectivity index (χ3n) is 5.13. The maximum Gasteiger partial charge on any atom is 0.270 e. The summed E-state index contributed by atoms with van der Waals surface area (Å²) in [5.74, 6) is -0.331. The molecule has 0 fully saturated rings. The molecule has 0 unspecified atom stereocenters. The second-order valence-corrected chi connectivity index (χ2v) is 9.23. The lowest BCUT2D eigenvalue weighted by molar-refractivity contribution is -0.385. The predicted molar refractivity (Wildman–Crippen MR) is 140 cm³/mol. The zero-order valence-corrected chi connectivity index (χ0v) is 20.6. The number of non-ortho nitro benzene ring substituents is 1. The molecular weight excluding hydrogens is 512 g/mol. The molecule has 0 radical (unpaired) electrons. The van der Waals surface area contributed by atoms with Gasteiger partial charge in [0.05, 0.1) is 29.1 Å².